The molecule has 1 fully saturated rings. The lowest BCUT2D eigenvalue weighted by atomic mass is 10.0. The molecule has 106 valence electrons. The quantitative estimate of drug-likeness (QED) is 0.848. The highest BCUT2D eigenvalue weighted by Gasteiger charge is 2.17. The second-order valence-electron chi connectivity index (χ2n) is 6.01. The first kappa shape index (κ1) is 13.4. The van der Waals surface area contributed by atoms with Crippen LogP contribution in [-0.2, 0) is 6.54 Å². The van der Waals surface area contributed by atoms with Gasteiger partial charge in [-0.2, -0.15) is 0 Å². The van der Waals surface area contributed by atoms with Gasteiger partial charge in [0.1, 0.15) is 12.1 Å². The largest absolute Gasteiger partial charge is 0.423 e. The van der Waals surface area contributed by atoms with E-state index in [1.54, 1.807) is 11.0 Å². The summed E-state index contributed by atoms with van der Waals surface area (Å²) in [5.41, 5.74) is 4.06. The van der Waals surface area contributed by atoms with Gasteiger partial charge in [0.25, 0.3) is 0 Å². The van der Waals surface area contributed by atoms with Gasteiger partial charge in [0.2, 0.25) is 0 Å². The summed E-state index contributed by atoms with van der Waals surface area (Å²) in [6, 6.07) is 5.83. The molecule has 1 N–H and O–H groups in total. The summed E-state index contributed by atoms with van der Waals surface area (Å²) >= 11 is 0. The van der Waals surface area contributed by atoms with Crippen LogP contribution in [0.25, 0.3) is 11.0 Å². The van der Waals surface area contributed by atoms with Crippen LogP contribution in [0.15, 0.2) is 27.4 Å². The van der Waals surface area contributed by atoms with Gasteiger partial charge in [-0.1, -0.05) is 0 Å². The van der Waals surface area contributed by atoms with Crippen molar-refractivity contribution in [1.29, 1.82) is 0 Å². The predicted octanol–water partition coefficient (Wildman–Crippen LogP) is 1.98. The van der Waals surface area contributed by atoms with Crippen LogP contribution in [0.4, 0.5) is 0 Å². The lowest BCUT2D eigenvalue weighted by Crippen LogP contribution is -3.11. The summed E-state index contributed by atoms with van der Waals surface area (Å²) in [5, 5.41) is 1.10. The minimum Gasteiger partial charge on any atom is -0.423 e. The summed E-state index contributed by atoms with van der Waals surface area (Å²) in [6.45, 7) is 7.53. The molecule has 1 aromatic carbocycles. The van der Waals surface area contributed by atoms with Gasteiger partial charge in [-0.3, -0.25) is 0 Å². The molecule has 0 radical (unpaired) electrons. The van der Waals surface area contributed by atoms with Gasteiger partial charge >= 0.3 is 5.63 Å². The molecule has 1 saturated heterocycles. The van der Waals surface area contributed by atoms with Gasteiger partial charge < -0.3 is 9.32 Å². The normalized spacial score (nSPS) is 16.7. The Balaban J connectivity index is 2.04. The van der Waals surface area contributed by atoms with Crippen LogP contribution < -0.4 is 10.5 Å². The number of nitrogens with one attached hydrogen (secondary N) is 1. The highest BCUT2D eigenvalue weighted by molar-refractivity contribution is 5.81. The molecule has 0 amide bonds. The Labute approximate surface area is 119 Å². The van der Waals surface area contributed by atoms with Crippen LogP contribution in [0.3, 0.4) is 0 Å². The number of rotatable bonds is 2. The fourth-order valence-corrected chi connectivity index (χ4v) is 3.13. The molecule has 3 heteroatoms. The van der Waals surface area contributed by atoms with Crippen LogP contribution >= 0.6 is 0 Å². The highest BCUT2D eigenvalue weighted by atomic mass is 16.4. The molecule has 1 aliphatic rings. The van der Waals surface area contributed by atoms with E-state index in [4.69, 9.17) is 4.42 Å². The molecule has 1 aliphatic heterocycles. The maximum atomic E-state index is 11.8. The highest BCUT2D eigenvalue weighted by Crippen LogP contribution is 2.21. The van der Waals surface area contributed by atoms with E-state index in [0.717, 1.165) is 23.1 Å². The zero-order valence-electron chi connectivity index (χ0n) is 12.3. The average Bonchev–Trinajstić information content (AvgIpc) is 2.42. The van der Waals surface area contributed by atoms with Gasteiger partial charge in [0, 0.05) is 17.0 Å². The van der Waals surface area contributed by atoms with Crippen LogP contribution in [0.2, 0.25) is 0 Å². The topological polar surface area (TPSA) is 34.6 Å². The van der Waals surface area contributed by atoms with Crippen LogP contribution in [-0.4, -0.2) is 13.1 Å². The number of hydrogen-bond donors (Lipinski definition) is 1. The standard InChI is InChI=1S/C17H21NO2/c1-12-8-15-14(11-18-6-4-3-5-7-18)10-17(19)20-16(15)9-13(12)2/h8-10H,3-7,11H2,1-2H3/p+1. The van der Waals surface area contributed by atoms with E-state index < -0.39 is 0 Å². The van der Waals surface area contributed by atoms with Crippen molar-refractivity contribution in [2.24, 2.45) is 0 Å². The Bertz CT molecular complexity index is 681. The number of piperidine rings is 1. The zero-order valence-corrected chi connectivity index (χ0v) is 12.3. The molecule has 0 atom stereocenters. The van der Waals surface area contributed by atoms with Crippen molar-refractivity contribution in [2.75, 3.05) is 13.1 Å². The maximum absolute atomic E-state index is 11.8. The second kappa shape index (κ2) is 5.41. The van der Waals surface area contributed by atoms with E-state index in [-0.39, 0.29) is 5.63 Å². The molecule has 2 aromatic rings. The Morgan fingerprint density at radius 1 is 1.05 bits per heavy atom. The lowest BCUT2D eigenvalue weighted by molar-refractivity contribution is -0.918. The minimum atomic E-state index is -0.229. The lowest BCUT2D eigenvalue weighted by Gasteiger charge is -2.23. The van der Waals surface area contributed by atoms with Gasteiger partial charge in [0.15, 0.2) is 0 Å². The Morgan fingerprint density at radius 3 is 2.50 bits per heavy atom. The van der Waals surface area contributed by atoms with Crippen LogP contribution in [0.5, 0.6) is 0 Å². The third kappa shape index (κ3) is 2.63. The smallest absolute Gasteiger partial charge is 0.336 e. The van der Waals surface area contributed by atoms with Gasteiger partial charge in [0.05, 0.1) is 13.1 Å². The number of aryl methyl sites for hydroxylation is 2. The van der Waals surface area contributed by atoms with E-state index >= 15 is 0 Å². The monoisotopic (exact) mass is 272 g/mol. The van der Waals surface area contributed by atoms with Crippen molar-refractivity contribution < 1.29 is 9.32 Å². The number of hydrogen-bond acceptors (Lipinski definition) is 2. The minimum absolute atomic E-state index is 0.229. The van der Waals surface area contributed by atoms with Gasteiger partial charge in [-0.15, -0.1) is 0 Å². The predicted molar refractivity (Wildman–Crippen MR) is 80.2 cm³/mol. The first-order chi connectivity index (χ1) is 9.63. The second-order valence-corrected chi connectivity index (χ2v) is 6.01. The van der Waals surface area contributed by atoms with Gasteiger partial charge in [-0.25, -0.2) is 4.79 Å². The Hall–Kier alpha value is -1.61. The summed E-state index contributed by atoms with van der Waals surface area (Å²) < 4.78 is 5.36. The van der Waals surface area contributed by atoms with E-state index in [1.807, 2.05) is 6.07 Å². The number of benzene rings is 1. The Kier molecular flexibility index (Phi) is 3.62. The molecule has 0 spiro atoms. The van der Waals surface area contributed by atoms with Crippen molar-refractivity contribution in [2.45, 2.75) is 39.7 Å². The third-order valence-electron chi connectivity index (χ3n) is 4.45. The molecular weight excluding hydrogens is 250 g/mol. The average molecular weight is 272 g/mol. The number of quaternary nitrogens is 1. The molecule has 20 heavy (non-hydrogen) atoms. The molecule has 0 saturated carbocycles. The van der Waals surface area contributed by atoms with Crippen molar-refractivity contribution in [3.8, 4) is 0 Å². The zero-order chi connectivity index (χ0) is 14.1. The van der Waals surface area contributed by atoms with E-state index in [2.05, 4.69) is 19.9 Å². The number of fused-ring (bicyclic) bond motifs is 1. The van der Waals surface area contributed by atoms with Crippen LogP contribution in [0, 0.1) is 13.8 Å². The fourth-order valence-electron chi connectivity index (χ4n) is 3.13. The molecule has 0 bridgehead atoms. The van der Waals surface area contributed by atoms with Crippen molar-refractivity contribution in [3.63, 3.8) is 0 Å². The van der Waals surface area contributed by atoms with E-state index in [9.17, 15) is 4.79 Å². The fraction of sp³-hybridized carbons (Fsp3) is 0.471. The molecular formula is C17H22NO2+. The number of likely N-dealkylation sites (tertiary alicyclic amines) is 1. The molecule has 0 unspecified atom stereocenters. The van der Waals surface area contributed by atoms with E-state index in [0.29, 0.717) is 0 Å². The summed E-state index contributed by atoms with van der Waals surface area (Å²) in [5.74, 6) is 0. The van der Waals surface area contributed by atoms with Crippen LogP contribution in [0.1, 0.15) is 36.0 Å². The maximum Gasteiger partial charge on any atom is 0.336 e. The molecule has 1 aromatic heterocycles. The molecule has 3 rings (SSSR count). The first-order valence-corrected chi connectivity index (χ1v) is 7.51. The van der Waals surface area contributed by atoms with Gasteiger partial charge in [-0.05, 0) is 56.4 Å². The molecule has 0 aliphatic carbocycles. The molecule has 3 nitrogen and oxygen atoms in total. The van der Waals surface area contributed by atoms with E-state index in [1.165, 1.54) is 43.5 Å². The summed E-state index contributed by atoms with van der Waals surface area (Å²) in [4.78, 5) is 13.4. The first-order valence-electron chi connectivity index (χ1n) is 7.51. The summed E-state index contributed by atoms with van der Waals surface area (Å²) in [6.07, 6.45) is 3.94. The summed E-state index contributed by atoms with van der Waals surface area (Å²) in [7, 11) is 0. The molecule has 2 heterocycles. The van der Waals surface area contributed by atoms with Crippen molar-refractivity contribution >= 4 is 11.0 Å². The van der Waals surface area contributed by atoms with Crippen molar-refractivity contribution in [1.82, 2.24) is 0 Å². The Morgan fingerprint density at radius 2 is 1.75 bits per heavy atom. The SMILES string of the molecule is Cc1cc2oc(=O)cc(C[NH+]3CCCCC3)c2cc1C. The van der Waals surface area contributed by atoms with Crippen molar-refractivity contribution in [3.05, 3.63) is 45.3 Å². The third-order valence-corrected chi connectivity index (χ3v) is 4.45.